The van der Waals surface area contributed by atoms with Crippen LogP contribution in [0.2, 0.25) is 0 Å². The summed E-state index contributed by atoms with van der Waals surface area (Å²) in [4.78, 5) is 0. The molecule has 0 aliphatic rings. The molecule has 0 bridgehead atoms. The van der Waals surface area contributed by atoms with E-state index >= 15 is 0 Å². The molecule has 2 N–H and O–H groups in total. The summed E-state index contributed by atoms with van der Waals surface area (Å²) < 4.78 is 2.09. The molecular weight excluding hydrogens is 198 g/mol. The minimum atomic E-state index is 0.0459. The average Bonchev–Trinajstić information content (AvgIpc) is 2.63. The second-order valence-electron chi connectivity index (χ2n) is 4.90. The van der Waals surface area contributed by atoms with Crippen molar-refractivity contribution in [2.75, 3.05) is 5.73 Å². The quantitative estimate of drug-likeness (QED) is 0.802. The topological polar surface area (TPSA) is 43.8 Å². The summed E-state index contributed by atoms with van der Waals surface area (Å²) in [5, 5.41) is 5.53. The van der Waals surface area contributed by atoms with Crippen molar-refractivity contribution in [3.63, 3.8) is 0 Å². The van der Waals surface area contributed by atoms with Crippen molar-refractivity contribution in [2.24, 2.45) is 0 Å². The Morgan fingerprint density at radius 1 is 1.38 bits per heavy atom. The Bertz CT molecular complexity index is 497. The van der Waals surface area contributed by atoms with Crippen LogP contribution < -0.4 is 5.73 Å². The highest BCUT2D eigenvalue weighted by Crippen LogP contribution is 2.28. The zero-order valence-electron chi connectivity index (χ0n) is 10.2. The second-order valence-corrected chi connectivity index (χ2v) is 4.90. The second kappa shape index (κ2) is 3.81. The number of hydrogen-bond donors (Lipinski definition) is 1. The fourth-order valence-electron chi connectivity index (χ4n) is 2.27. The molecule has 0 unspecified atom stereocenters. The molecule has 0 atom stereocenters. The first kappa shape index (κ1) is 11.0. The van der Waals surface area contributed by atoms with Gasteiger partial charge in [-0.1, -0.05) is 19.4 Å². The lowest BCUT2D eigenvalue weighted by Crippen LogP contribution is -2.26. The van der Waals surface area contributed by atoms with Crippen molar-refractivity contribution in [3.8, 4) is 0 Å². The molecule has 0 amide bonds. The zero-order chi connectivity index (χ0) is 11.8. The van der Waals surface area contributed by atoms with E-state index in [1.165, 1.54) is 0 Å². The normalized spacial score (nSPS) is 12.2. The van der Waals surface area contributed by atoms with Gasteiger partial charge in [-0.25, -0.2) is 0 Å². The van der Waals surface area contributed by atoms with Gasteiger partial charge in [-0.05, 0) is 32.4 Å². The van der Waals surface area contributed by atoms with E-state index in [4.69, 9.17) is 5.73 Å². The number of aromatic nitrogens is 2. The van der Waals surface area contributed by atoms with Crippen molar-refractivity contribution in [1.29, 1.82) is 0 Å². The highest BCUT2D eigenvalue weighted by molar-refractivity contribution is 5.90. The maximum Gasteiger partial charge on any atom is 0.0709 e. The van der Waals surface area contributed by atoms with Crippen LogP contribution in [0.15, 0.2) is 24.4 Å². The van der Waals surface area contributed by atoms with Gasteiger partial charge < -0.3 is 5.73 Å². The summed E-state index contributed by atoms with van der Waals surface area (Å²) in [6.07, 6.45) is 4.12. The molecule has 16 heavy (non-hydrogen) atoms. The van der Waals surface area contributed by atoms with Crippen LogP contribution in [0.25, 0.3) is 10.9 Å². The Morgan fingerprint density at radius 3 is 2.81 bits per heavy atom. The van der Waals surface area contributed by atoms with E-state index in [0.29, 0.717) is 0 Å². The maximum absolute atomic E-state index is 5.93. The molecule has 1 heterocycles. The molecule has 1 aromatic carbocycles. The van der Waals surface area contributed by atoms with Gasteiger partial charge >= 0.3 is 0 Å². The first-order valence-corrected chi connectivity index (χ1v) is 5.79. The summed E-state index contributed by atoms with van der Waals surface area (Å²) in [7, 11) is 0. The lowest BCUT2D eigenvalue weighted by molar-refractivity contribution is 0.303. The fraction of sp³-hybridized carbons (Fsp3) is 0.462. The van der Waals surface area contributed by atoms with E-state index in [2.05, 4.69) is 36.6 Å². The van der Waals surface area contributed by atoms with Crippen LogP contribution in [0, 0.1) is 0 Å². The zero-order valence-corrected chi connectivity index (χ0v) is 10.2. The van der Waals surface area contributed by atoms with Gasteiger partial charge in [0, 0.05) is 11.1 Å². The minimum absolute atomic E-state index is 0.0459. The molecule has 0 spiro atoms. The van der Waals surface area contributed by atoms with E-state index in [-0.39, 0.29) is 5.54 Å². The Hall–Kier alpha value is -1.51. The minimum Gasteiger partial charge on any atom is -0.398 e. The highest BCUT2D eigenvalue weighted by Gasteiger charge is 2.22. The summed E-state index contributed by atoms with van der Waals surface area (Å²) in [5.74, 6) is 0. The number of rotatable bonds is 3. The Morgan fingerprint density at radius 2 is 2.12 bits per heavy atom. The number of nitrogen functional groups attached to an aromatic ring is 1. The molecular formula is C13H19N3. The van der Waals surface area contributed by atoms with E-state index < -0.39 is 0 Å². The van der Waals surface area contributed by atoms with Gasteiger partial charge in [0.1, 0.15) is 0 Å². The SMILES string of the molecule is CCCC(C)(C)n1ncc2c(N)cccc21. The van der Waals surface area contributed by atoms with Gasteiger partial charge in [0.05, 0.1) is 17.3 Å². The van der Waals surface area contributed by atoms with Crippen LogP contribution >= 0.6 is 0 Å². The van der Waals surface area contributed by atoms with Gasteiger partial charge in [0.2, 0.25) is 0 Å². The summed E-state index contributed by atoms with van der Waals surface area (Å²) in [5.41, 5.74) is 7.90. The smallest absolute Gasteiger partial charge is 0.0709 e. The van der Waals surface area contributed by atoms with E-state index in [0.717, 1.165) is 29.4 Å². The van der Waals surface area contributed by atoms with Crippen molar-refractivity contribution in [3.05, 3.63) is 24.4 Å². The van der Waals surface area contributed by atoms with Crippen LogP contribution in [-0.2, 0) is 5.54 Å². The van der Waals surface area contributed by atoms with Crippen molar-refractivity contribution < 1.29 is 0 Å². The van der Waals surface area contributed by atoms with Gasteiger partial charge in [0.15, 0.2) is 0 Å². The maximum atomic E-state index is 5.93. The first-order chi connectivity index (χ1) is 7.56. The summed E-state index contributed by atoms with van der Waals surface area (Å²) in [6, 6.07) is 5.98. The Labute approximate surface area is 96.2 Å². The number of anilines is 1. The van der Waals surface area contributed by atoms with Crippen LogP contribution in [-0.4, -0.2) is 9.78 Å². The van der Waals surface area contributed by atoms with Gasteiger partial charge in [-0.2, -0.15) is 5.10 Å². The van der Waals surface area contributed by atoms with Crippen LogP contribution in [0.5, 0.6) is 0 Å². The number of fused-ring (bicyclic) bond motifs is 1. The molecule has 2 aromatic rings. The molecule has 0 aliphatic heterocycles. The molecule has 86 valence electrons. The fourth-order valence-corrected chi connectivity index (χ4v) is 2.27. The third kappa shape index (κ3) is 1.66. The Balaban J connectivity index is 2.58. The first-order valence-electron chi connectivity index (χ1n) is 5.79. The lowest BCUT2D eigenvalue weighted by Gasteiger charge is -2.25. The van der Waals surface area contributed by atoms with E-state index in [1.807, 2.05) is 18.3 Å². The lowest BCUT2D eigenvalue weighted by atomic mass is 9.99. The highest BCUT2D eigenvalue weighted by atomic mass is 15.3. The molecule has 0 aliphatic carbocycles. The standard InChI is InChI=1S/C13H19N3/c1-4-8-13(2,3)16-12-7-5-6-11(14)10(12)9-15-16/h5-7,9H,4,8,14H2,1-3H3. The third-order valence-corrected chi connectivity index (χ3v) is 3.08. The summed E-state index contributed by atoms with van der Waals surface area (Å²) >= 11 is 0. The number of benzene rings is 1. The van der Waals surface area contributed by atoms with Crippen LogP contribution in [0.4, 0.5) is 5.69 Å². The predicted octanol–water partition coefficient (Wildman–Crippen LogP) is 3.15. The molecule has 0 fully saturated rings. The van der Waals surface area contributed by atoms with E-state index in [9.17, 15) is 0 Å². The van der Waals surface area contributed by atoms with Gasteiger partial charge in [0.25, 0.3) is 0 Å². The largest absolute Gasteiger partial charge is 0.398 e. The van der Waals surface area contributed by atoms with Crippen molar-refractivity contribution >= 4 is 16.6 Å². The summed E-state index contributed by atoms with van der Waals surface area (Å²) in [6.45, 7) is 6.63. The monoisotopic (exact) mass is 217 g/mol. The Kier molecular flexibility index (Phi) is 2.62. The van der Waals surface area contributed by atoms with Crippen LogP contribution in [0.3, 0.4) is 0 Å². The number of hydrogen-bond acceptors (Lipinski definition) is 2. The number of nitrogens with two attached hydrogens (primary N) is 1. The molecule has 0 saturated carbocycles. The molecule has 1 aromatic heterocycles. The molecule has 3 nitrogen and oxygen atoms in total. The predicted molar refractivity (Wildman–Crippen MR) is 68.4 cm³/mol. The third-order valence-electron chi connectivity index (χ3n) is 3.08. The van der Waals surface area contributed by atoms with Crippen molar-refractivity contribution in [1.82, 2.24) is 9.78 Å². The van der Waals surface area contributed by atoms with Gasteiger partial charge in [-0.15, -0.1) is 0 Å². The average molecular weight is 217 g/mol. The molecule has 3 heteroatoms. The molecule has 2 rings (SSSR count). The van der Waals surface area contributed by atoms with Crippen molar-refractivity contribution in [2.45, 2.75) is 39.2 Å². The van der Waals surface area contributed by atoms with E-state index in [1.54, 1.807) is 0 Å². The number of nitrogens with zero attached hydrogens (tertiary/aromatic N) is 2. The van der Waals surface area contributed by atoms with Crippen LogP contribution in [0.1, 0.15) is 33.6 Å². The molecule has 0 radical (unpaired) electrons. The van der Waals surface area contributed by atoms with Gasteiger partial charge in [-0.3, -0.25) is 4.68 Å². The molecule has 0 saturated heterocycles.